The van der Waals surface area contributed by atoms with Gasteiger partial charge < -0.3 is 10.0 Å². The van der Waals surface area contributed by atoms with Gasteiger partial charge in [0.25, 0.3) is 0 Å². The molecule has 1 N–H and O–H groups in total. The predicted octanol–water partition coefficient (Wildman–Crippen LogP) is 1.09. The van der Waals surface area contributed by atoms with Crippen molar-refractivity contribution in [3.8, 4) is 0 Å². The summed E-state index contributed by atoms with van der Waals surface area (Å²) in [4.78, 5) is 16.2. The van der Waals surface area contributed by atoms with E-state index in [0.717, 1.165) is 32.4 Å². The van der Waals surface area contributed by atoms with Gasteiger partial charge in [0.2, 0.25) is 5.91 Å². The van der Waals surface area contributed by atoms with Crippen LogP contribution in [0.5, 0.6) is 0 Å². The number of amides is 1. The first-order valence-corrected chi connectivity index (χ1v) is 6.81. The number of likely N-dealkylation sites (tertiary alicyclic amines) is 1. The fourth-order valence-electron chi connectivity index (χ4n) is 2.48. The summed E-state index contributed by atoms with van der Waals surface area (Å²) in [5.41, 5.74) is 0. The van der Waals surface area contributed by atoms with Crippen molar-refractivity contribution in [2.45, 2.75) is 45.6 Å². The first-order chi connectivity index (χ1) is 8.19. The van der Waals surface area contributed by atoms with Crippen molar-refractivity contribution in [2.24, 2.45) is 0 Å². The molecule has 0 aromatic carbocycles. The molecule has 1 aliphatic rings. The van der Waals surface area contributed by atoms with Crippen molar-refractivity contribution in [1.29, 1.82) is 0 Å². The number of hydrogen-bond acceptors (Lipinski definition) is 3. The molecule has 1 fully saturated rings. The first-order valence-electron chi connectivity index (χ1n) is 6.81. The minimum Gasteiger partial charge on any atom is -0.395 e. The normalized spacial score (nSPS) is 20.9. The number of carbonyl (C=O) groups is 1. The summed E-state index contributed by atoms with van der Waals surface area (Å²) in [6, 6.07) is 0.383. The molecule has 1 amide bonds. The van der Waals surface area contributed by atoms with Crippen molar-refractivity contribution >= 4 is 5.91 Å². The van der Waals surface area contributed by atoms with Gasteiger partial charge in [-0.1, -0.05) is 6.92 Å². The van der Waals surface area contributed by atoms with E-state index in [9.17, 15) is 4.79 Å². The number of piperidine rings is 1. The molecule has 1 atom stereocenters. The lowest BCUT2D eigenvalue weighted by atomic mass is 10.0. The Balaban J connectivity index is 2.44. The van der Waals surface area contributed by atoms with Crippen LogP contribution in [0, 0.1) is 0 Å². The van der Waals surface area contributed by atoms with E-state index < -0.39 is 0 Å². The first kappa shape index (κ1) is 14.5. The Morgan fingerprint density at radius 2 is 2.18 bits per heavy atom. The number of carbonyl (C=O) groups excluding carboxylic acids is 1. The van der Waals surface area contributed by atoms with Gasteiger partial charge in [-0.25, -0.2) is 0 Å². The Morgan fingerprint density at radius 1 is 1.41 bits per heavy atom. The lowest BCUT2D eigenvalue weighted by molar-refractivity contribution is -0.135. The summed E-state index contributed by atoms with van der Waals surface area (Å²) in [5, 5.41) is 8.97. The van der Waals surface area contributed by atoms with Gasteiger partial charge in [0, 0.05) is 19.1 Å². The standard InChI is InChI=1S/C13H26N2O2/c1-3-7-14(9-10-16)11-13(17)15-8-5-4-6-12(15)2/h12,16H,3-11H2,1-2H3. The van der Waals surface area contributed by atoms with Crippen LogP contribution in [0.1, 0.15) is 39.5 Å². The number of aliphatic hydroxyl groups excluding tert-OH is 1. The van der Waals surface area contributed by atoms with Gasteiger partial charge in [0.15, 0.2) is 0 Å². The van der Waals surface area contributed by atoms with Gasteiger partial charge >= 0.3 is 0 Å². The average Bonchev–Trinajstić information content (AvgIpc) is 2.30. The number of nitrogens with zero attached hydrogens (tertiary/aromatic N) is 2. The maximum absolute atomic E-state index is 12.2. The van der Waals surface area contributed by atoms with Gasteiger partial charge in [-0.2, -0.15) is 0 Å². The minimum absolute atomic E-state index is 0.128. The third-order valence-electron chi connectivity index (χ3n) is 3.44. The molecule has 0 spiro atoms. The van der Waals surface area contributed by atoms with E-state index in [1.165, 1.54) is 6.42 Å². The third kappa shape index (κ3) is 4.64. The minimum atomic E-state index is 0.128. The fourth-order valence-corrected chi connectivity index (χ4v) is 2.48. The molecule has 0 aromatic heterocycles. The monoisotopic (exact) mass is 242 g/mol. The van der Waals surface area contributed by atoms with Crippen LogP contribution >= 0.6 is 0 Å². The van der Waals surface area contributed by atoms with Crippen molar-refractivity contribution in [3.05, 3.63) is 0 Å². The van der Waals surface area contributed by atoms with Gasteiger partial charge in [-0.05, 0) is 39.2 Å². The third-order valence-corrected chi connectivity index (χ3v) is 3.44. The smallest absolute Gasteiger partial charge is 0.236 e. The van der Waals surface area contributed by atoms with Crippen LogP contribution in [-0.2, 0) is 4.79 Å². The average molecular weight is 242 g/mol. The second-order valence-corrected chi connectivity index (χ2v) is 4.93. The highest BCUT2D eigenvalue weighted by Crippen LogP contribution is 2.16. The largest absolute Gasteiger partial charge is 0.395 e. The summed E-state index contributed by atoms with van der Waals surface area (Å²) in [6.07, 6.45) is 4.51. The summed E-state index contributed by atoms with van der Waals surface area (Å²) in [5.74, 6) is 0.221. The molecule has 0 bridgehead atoms. The maximum Gasteiger partial charge on any atom is 0.236 e. The van der Waals surface area contributed by atoms with Gasteiger partial charge in [0.1, 0.15) is 0 Å². The number of aliphatic hydroxyl groups is 1. The summed E-state index contributed by atoms with van der Waals surface area (Å²) < 4.78 is 0. The van der Waals surface area contributed by atoms with Crippen molar-refractivity contribution in [2.75, 3.05) is 32.8 Å². The van der Waals surface area contributed by atoms with Crippen LogP contribution in [0.3, 0.4) is 0 Å². The summed E-state index contributed by atoms with van der Waals surface area (Å²) >= 11 is 0. The zero-order valence-corrected chi connectivity index (χ0v) is 11.2. The molecule has 0 aliphatic carbocycles. The second-order valence-electron chi connectivity index (χ2n) is 4.93. The van der Waals surface area contributed by atoms with Gasteiger partial charge in [0.05, 0.1) is 13.2 Å². The summed E-state index contributed by atoms with van der Waals surface area (Å²) in [7, 11) is 0. The Bertz CT molecular complexity index is 227. The van der Waals surface area contributed by atoms with Crippen molar-refractivity contribution in [3.63, 3.8) is 0 Å². The molecule has 4 heteroatoms. The topological polar surface area (TPSA) is 43.8 Å². The zero-order chi connectivity index (χ0) is 12.7. The lowest BCUT2D eigenvalue weighted by Gasteiger charge is -2.35. The quantitative estimate of drug-likeness (QED) is 0.758. The van der Waals surface area contributed by atoms with Crippen LogP contribution in [-0.4, -0.2) is 59.6 Å². The SMILES string of the molecule is CCCN(CCO)CC(=O)N1CCCCC1C. The molecule has 1 aliphatic heterocycles. The molecular weight excluding hydrogens is 216 g/mol. The molecule has 0 saturated carbocycles. The summed E-state index contributed by atoms with van der Waals surface area (Å²) in [6.45, 7) is 7.20. The maximum atomic E-state index is 12.2. The molecule has 0 radical (unpaired) electrons. The number of rotatable bonds is 6. The fraction of sp³-hybridized carbons (Fsp3) is 0.923. The highest BCUT2D eigenvalue weighted by molar-refractivity contribution is 5.78. The van der Waals surface area contributed by atoms with E-state index in [1.54, 1.807) is 0 Å². The van der Waals surface area contributed by atoms with E-state index in [-0.39, 0.29) is 12.5 Å². The molecule has 4 nitrogen and oxygen atoms in total. The van der Waals surface area contributed by atoms with Crippen molar-refractivity contribution < 1.29 is 9.90 Å². The van der Waals surface area contributed by atoms with E-state index in [4.69, 9.17) is 5.11 Å². The van der Waals surface area contributed by atoms with Crippen LogP contribution in [0.25, 0.3) is 0 Å². The molecule has 100 valence electrons. The lowest BCUT2D eigenvalue weighted by Crippen LogP contribution is -2.47. The van der Waals surface area contributed by atoms with Crippen molar-refractivity contribution in [1.82, 2.24) is 9.80 Å². The predicted molar refractivity (Wildman–Crippen MR) is 68.8 cm³/mol. The van der Waals surface area contributed by atoms with Crippen LogP contribution in [0.2, 0.25) is 0 Å². The van der Waals surface area contributed by atoms with E-state index in [1.807, 2.05) is 9.80 Å². The molecule has 1 unspecified atom stereocenters. The van der Waals surface area contributed by atoms with E-state index >= 15 is 0 Å². The second kappa shape index (κ2) is 7.67. The Labute approximate surface area is 105 Å². The number of hydrogen-bond donors (Lipinski definition) is 1. The Morgan fingerprint density at radius 3 is 2.76 bits per heavy atom. The highest BCUT2D eigenvalue weighted by atomic mass is 16.3. The Kier molecular flexibility index (Phi) is 6.52. The molecule has 1 saturated heterocycles. The van der Waals surface area contributed by atoms with Crippen LogP contribution in [0.15, 0.2) is 0 Å². The molecule has 17 heavy (non-hydrogen) atoms. The zero-order valence-electron chi connectivity index (χ0n) is 11.2. The molecule has 0 aromatic rings. The molecular formula is C13H26N2O2. The van der Waals surface area contributed by atoms with E-state index in [2.05, 4.69) is 13.8 Å². The molecule has 1 rings (SSSR count). The molecule has 1 heterocycles. The van der Waals surface area contributed by atoms with Crippen LogP contribution in [0.4, 0.5) is 0 Å². The van der Waals surface area contributed by atoms with Crippen LogP contribution < -0.4 is 0 Å². The Hall–Kier alpha value is -0.610. The van der Waals surface area contributed by atoms with Gasteiger partial charge in [-0.15, -0.1) is 0 Å². The van der Waals surface area contributed by atoms with Gasteiger partial charge in [-0.3, -0.25) is 9.69 Å². The van der Waals surface area contributed by atoms with E-state index in [0.29, 0.717) is 19.1 Å². The highest BCUT2D eigenvalue weighted by Gasteiger charge is 2.24.